The molecule has 0 saturated carbocycles. The molecule has 0 aliphatic carbocycles. The number of benzene rings is 2. The van der Waals surface area contributed by atoms with Gasteiger partial charge in [0.2, 0.25) is 0 Å². The lowest BCUT2D eigenvalue weighted by Crippen LogP contribution is -3.28. The molecule has 1 atom stereocenters. The summed E-state index contributed by atoms with van der Waals surface area (Å²) in [6.45, 7) is 11.9. The van der Waals surface area contributed by atoms with Crippen LogP contribution in [0.3, 0.4) is 0 Å². The Morgan fingerprint density at radius 3 is 2.26 bits per heavy atom. The lowest BCUT2D eigenvalue weighted by molar-refractivity contribution is -1.02. The van der Waals surface area contributed by atoms with Gasteiger partial charge in [-0.3, -0.25) is 4.79 Å². The maximum absolute atomic E-state index is 12.6. The average molecular weight is 428 g/mol. The van der Waals surface area contributed by atoms with Crippen LogP contribution in [0.4, 0.5) is 0 Å². The van der Waals surface area contributed by atoms with Gasteiger partial charge in [-0.25, -0.2) is 0 Å². The van der Waals surface area contributed by atoms with E-state index in [1.807, 2.05) is 6.07 Å². The zero-order valence-corrected chi connectivity index (χ0v) is 19.5. The molecule has 2 aromatic rings. The fourth-order valence-electron chi connectivity index (χ4n) is 4.23. The van der Waals surface area contributed by atoms with E-state index in [2.05, 4.69) is 56.4 Å². The van der Waals surface area contributed by atoms with Gasteiger partial charge in [-0.1, -0.05) is 18.2 Å². The number of ether oxygens (including phenoxy) is 2. The van der Waals surface area contributed by atoms with Gasteiger partial charge in [0.15, 0.2) is 18.0 Å². The molecule has 0 radical (unpaired) electrons. The minimum atomic E-state index is 0.0307. The van der Waals surface area contributed by atoms with E-state index < -0.39 is 0 Å². The number of nitrogens with one attached hydrogen (secondary N) is 3. The smallest absolute Gasteiger partial charge is 0.275 e. The van der Waals surface area contributed by atoms with Crippen molar-refractivity contribution in [2.24, 2.45) is 0 Å². The number of carbonyl (C=O) groups excluding carboxylic acids is 1. The van der Waals surface area contributed by atoms with E-state index in [0.717, 1.165) is 49.8 Å². The van der Waals surface area contributed by atoms with Crippen molar-refractivity contribution in [3.05, 3.63) is 58.7 Å². The van der Waals surface area contributed by atoms with Crippen molar-refractivity contribution in [1.82, 2.24) is 5.32 Å². The number of methoxy groups -OCH3 is 2. The Bertz CT molecular complexity index is 892. The van der Waals surface area contributed by atoms with E-state index in [1.54, 1.807) is 19.1 Å². The fraction of sp³-hybridized carbons (Fsp3) is 0.480. The first kappa shape index (κ1) is 23.1. The van der Waals surface area contributed by atoms with Crippen LogP contribution in [0.5, 0.6) is 11.5 Å². The number of aryl methyl sites for hydroxylation is 2. The van der Waals surface area contributed by atoms with Gasteiger partial charge in [0.25, 0.3) is 5.91 Å². The Morgan fingerprint density at radius 1 is 0.935 bits per heavy atom. The lowest BCUT2D eigenvalue weighted by atomic mass is 10.0. The molecule has 0 unspecified atom stereocenters. The summed E-state index contributed by atoms with van der Waals surface area (Å²) in [4.78, 5) is 15.5. The maximum Gasteiger partial charge on any atom is 0.275 e. The van der Waals surface area contributed by atoms with Crippen LogP contribution in [0.2, 0.25) is 0 Å². The van der Waals surface area contributed by atoms with Gasteiger partial charge in [-0.2, -0.15) is 0 Å². The van der Waals surface area contributed by atoms with Crippen LogP contribution >= 0.6 is 0 Å². The predicted octanol–water partition coefficient (Wildman–Crippen LogP) is 0.481. The van der Waals surface area contributed by atoms with Crippen molar-refractivity contribution in [3.63, 3.8) is 0 Å². The standard InChI is InChI=1S/C25H35N3O3/c1-18-6-8-22(14-19(18)2)20(3)26-25(29)17-28-12-10-27(11-13-28)16-21-7-9-23(30-4)24(15-21)31-5/h6-9,14-15,20H,10-13,16-17H2,1-5H3,(H,26,29)/p+2/t20-/m0/s1. The number of hydrogen-bond acceptors (Lipinski definition) is 3. The highest BCUT2D eigenvalue weighted by Crippen LogP contribution is 2.27. The molecule has 1 heterocycles. The number of piperazine rings is 1. The molecule has 1 fully saturated rings. The van der Waals surface area contributed by atoms with Gasteiger partial charge < -0.3 is 24.6 Å². The van der Waals surface area contributed by atoms with Crippen molar-refractivity contribution in [2.45, 2.75) is 33.4 Å². The highest BCUT2D eigenvalue weighted by Gasteiger charge is 2.25. The fourth-order valence-corrected chi connectivity index (χ4v) is 4.23. The van der Waals surface area contributed by atoms with Crippen molar-refractivity contribution in [3.8, 4) is 11.5 Å². The normalized spacial score (nSPS) is 19.5. The van der Waals surface area contributed by atoms with Crippen LogP contribution in [-0.4, -0.2) is 52.9 Å². The molecule has 0 bridgehead atoms. The number of quaternary nitrogens is 2. The van der Waals surface area contributed by atoms with E-state index in [1.165, 1.54) is 21.6 Å². The Morgan fingerprint density at radius 2 is 1.61 bits per heavy atom. The molecular formula is C25H37N3O3+2. The number of amides is 1. The van der Waals surface area contributed by atoms with Crippen molar-refractivity contribution in [1.29, 1.82) is 0 Å². The van der Waals surface area contributed by atoms with Gasteiger partial charge in [0.05, 0.1) is 20.3 Å². The Balaban J connectivity index is 1.45. The Kier molecular flexibility index (Phi) is 7.93. The van der Waals surface area contributed by atoms with Crippen LogP contribution in [0.15, 0.2) is 36.4 Å². The second-order valence-electron chi connectivity index (χ2n) is 8.68. The van der Waals surface area contributed by atoms with Crippen molar-refractivity contribution in [2.75, 3.05) is 46.9 Å². The molecular weight excluding hydrogens is 390 g/mol. The van der Waals surface area contributed by atoms with Crippen LogP contribution in [0.25, 0.3) is 0 Å². The third-order valence-corrected chi connectivity index (χ3v) is 6.39. The first-order valence-corrected chi connectivity index (χ1v) is 11.1. The molecule has 0 aromatic heterocycles. The van der Waals surface area contributed by atoms with Gasteiger partial charge >= 0.3 is 0 Å². The molecule has 31 heavy (non-hydrogen) atoms. The Labute approximate surface area is 186 Å². The summed E-state index contributed by atoms with van der Waals surface area (Å²) in [5, 5.41) is 3.17. The van der Waals surface area contributed by atoms with Crippen molar-refractivity contribution < 1.29 is 24.1 Å². The highest BCUT2D eigenvalue weighted by molar-refractivity contribution is 5.77. The van der Waals surface area contributed by atoms with Gasteiger partial charge in [-0.15, -0.1) is 0 Å². The van der Waals surface area contributed by atoms with Crippen molar-refractivity contribution >= 4 is 5.91 Å². The minimum Gasteiger partial charge on any atom is -0.493 e. The number of carbonyl (C=O) groups is 1. The molecule has 1 aliphatic heterocycles. The topological polar surface area (TPSA) is 56.4 Å². The molecule has 1 aliphatic rings. The number of hydrogen-bond donors (Lipinski definition) is 3. The molecule has 6 nitrogen and oxygen atoms in total. The van der Waals surface area contributed by atoms with E-state index in [4.69, 9.17) is 9.47 Å². The predicted molar refractivity (Wildman–Crippen MR) is 122 cm³/mol. The zero-order chi connectivity index (χ0) is 22.4. The van der Waals surface area contributed by atoms with Gasteiger partial charge in [0, 0.05) is 5.56 Å². The monoisotopic (exact) mass is 427 g/mol. The summed E-state index contributed by atoms with van der Waals surface area (Å²) in [5.41, 5.74) is 4.95. The molecule has 6 heteroatoms. The Hall–Kier alpha value is -2.57. The third-order valence-electron chi connectivity index (χ3n) is 6.39. The highest BCUT2D eigenvalue weighted by atomic mass is 16.5. The molecule has 1 amide bonds. The van der Waals surface area contributed by atoms with Crippen LogP contribution in [-0.2, 0) is 11.3 Å². The summed E-state index contributed by atoms with van der Waals surface area (Å²) in [7, 11) is 3.33. The summed E-state index contributed by atoms with van der Waals surface area (Å²) >= 11 is 0. The van der Waals surface area contributed by atoms with E-state index in [9.17, 15) is 4.79 Å². The summed E-state index contributed by atoms with van der Waals surface area (Å²) in [6, 6.07) is 12.6. The van der Waals surface area contributed by atoms with Gasteiger partial charge in [0.1, 0.15) is 32.7 Å². The van der Waals surface area contributed by atoms with Crippen LogP contribution < -0.4 is 24.6 Å². The molecule has 0 spiro atoms. The van der Waals surface area contributed by atoms with E-state index >= 15 is 0 Å². The number of rotatable bonds is 8. The molecule has 1 saturated heterocycles. The first-order chi connectivity index (χ1) is 14.9. The molecule has 3 rings (SSSR count). The van der Waals surface area contributed by atoms with Crippen LogP contribution in [0.1, 0.15) is 35.2 Å². The first-order valence-electron chi connectivity index (χ1n) is 11.1. The lowest BCUT2D eigenvalue weighted by Gasteiger charge is -2.29. The van der Waals surface area contributed by atoms with Crippen LogP contribution in [0, 0.1) is 13.8 Å². The van der Waals surface area contributed by atoms with E-state index in [-0.39, 0.29) is 11.9 Å². The quantitative estimate of drug-likeness (QED) is 0.575. The third kappa shape index (κ3) is 6.21. The second-order valence-corrected chi connectivity index (χ2v) is 8.68. The molecule has 2 aromatic carbocycles. The SMILES string of the molecule is COc1ccc(C[NH+]2CC[NH+](CC(=O)N[C@@H](C)c3ccc(C)c(C)c3)CC2)cc1OC. The minimum absolute atomic E-state index is 0.0307. The molecule has 168 valence electrons. The average Bonchev–Trinajstić information content (AvgIpc) is 2.76. The molecule has 3 N–H and O–H groups in total. The van der Waals surface area contributed by atoms with E-state index in [0.29, 0.717) is 6.54 Å². The second kappa shape index (κ2) is 10.6. The summed E-state index contributed by atoms with van der Waals surface area (Å²) in [5.74, 6) is 1.67. The maximum atomic E-state index is 12.6. The zero-order valence-electron chi connectivity index (χ0n) is 19.5. The summed E-state index contributed by atoms with van der Waals surface area (Å²) in [6.07, 6.45) is 0. The van der Waals surface area contributed by atoms with Gasteiger partial charge in [-0.05, 0) is 55.7 Å². The largest absolute Gasteiger partial charge is 0.493 e. The summed E-state index contributed by atoms with van der Waals surface area (Å²) < 4.78 is 10.7.